The molecule has 2 atom stereocenters. The van der Waals surface area contributed by atoms with Crippen LogP contribution in [0, 0.1) is 0 Å². The highest BCUT2D eigenvalue weighted by atomic mass is 35.5. The third-order valence-electron chi connectivity index (χ3n) is 9.74. The monoisotopic (exact) mass is 1100 g/mol. The Morgan fingerprint density at radius 1 is 0.413 bits per heavy atom. The molecule has 2 fully saturated rings. The Kier molecular flexibility index (Phi) is 30.3. The average Bonchev–Trinajstić information content (AvgIpc) is 3.18. The first-order chi connectivity index (χ1) is 34.0. The fraction of sp³-hybridized carbons (Fsp3) is 0.880. The van der Waals surface area contributed by atoms with Gasteiger partial charge in [0.2, 0.25) is 12.8 Å². The smallest absolute Gasteiger partial charge is 0.410 e. The fourth-order valence-corrected chi connectivity index (χ4v) is 6.47. The second kappa shape index (κ2) is 32.0. The van der Waals surface area contributed by atoms with Crippen LogP contribution >= 0.6 is 11.6 Å². The van der Waals surface area contributed by atoms with Crippen molar-refractivity contribution in [1.29, 1.82) is 0 Å². The van der Waals surface area contributed by atoms with Crippen LogP contribution in [0.4, 0.5) is 19.2 Å². The van der Waals surface area contributed by atoms with E-state index in [1.54, 1.807) is 66.0 Å². The molecule has 0 saturated carbocycles. The molecular formula is C50H97ClN8O16. The second-order valence-corrected chi connectivity index (χ2v) is 24.3. The third-order valence-corrected chi connectivity index (χ3v) is 9.97. The lowest BCUT2D eigenvalue weighted by molar-refractivity contribution is -0.240. The molecule has 0 aromatic rings. The zero-order valence-electron chi connectivity index (χ0n) is 48.6. The molecular weight excluding hydrogens is 1000 g/mol. The van der Waals surface area contributed by atoms with Gasteiger partial charge in [-0.1, -0.05) is 0 Å². The number of aliphatic carboxylic acids is 2. The van der Waals surface area contributed by atoms with E-state index in [-0.39, 0.29) is 64.8 Å². The normalized spacial score (nSPS) is 18.4. The molecule has 2 aliphatic rings. The minimum Gasteiger partial charge on any atom is -0.480 e. The maximum atomic E-state index is 13.0. The van der Waals surface area contributed by atoms with Gasteiger partial charge >= 0.3 is 36.3 Å². The summed E-state index contributed by atoms with van der Waals surface area (Å²) in [7, 11) is 0. The van der Waals surface area contributed by atoms with E-state index >= 15 is 0 Å². The lowest BCUT2D eigenvalue weighted by atomic mass is 10.2. The van der Waals surface area contributed by atoms with Crippen LogP contribution in [0.25, 0.3) is 0 Å². The van der Waals surface area contributed by atoms with Crippen molar-refractivity contribution < 1.29 is 77.6 Å². The van der Waals surface area contributed by atoms with Crippen LogP contribution in [-0.2, 0) is 38.0 Å². The number of carboxylic acids is 2. The van der Waals surface area contributed by atoms with Gasteiger partial charge in [0, 0.05) is 105 Å². The summed E-state index contributed by atoms with van der Waals surface area (Å²) in [6, 6.07) is 0. The molecule has 2 aliphatic heterocycles. The molecule has 4 amide bonds. The summed E-state index contributed by atoms with van der Waals surface area (Å²) in [6.45, 7) is 37.6. The topological polar surface area (TPSA) is 273 Å². The van der Waals surface area contributed by atoms with Gasteiger partial charge in [-0.2, -0.15) is 0 Å². The van der Waals surface area contributed by atoms with Crippen molar-refractivity contribution in [3.8, 4) is 0 Å². The van der Waals surface area contributed by atoms with Crippen molar-refractivity contribution in [3.63, 3.8) is 0 Å². The van der Waals surface area contributed by atoms with Crippen molar-refractivity contribution in [3.05, 3.63) is 0 Å². The van der Waals surface area contributed by atoms with Gasteiger partial charge in [-0.3, -0.25) is 24.3 Å². The van der Waals surface area contributed by atoms with Gasteiger partial charge in [0.15, 0.2) is 0 Å². The van der Waals surface area contributed by atoms with Crippen LogP contribution < -0.4 is 5.32 Å². The highest BCUT2D eigenvalue weighted by Crippen LogP contribution is 2.18. The predicted octanol–water partition coefficient (Wildman–Crippen LogP) is 5.02. The number of hydrogen-bond acceptors (Lipinski definition) is 18. The van der Waals surface area contributed by atoms with Crippen molar-refractivity contribution in [2.24, 2.45) is 0 Å². The first-order valence-corrected chi connectivity index (χ1v) is 26.1. The molecule has 0 bridgehead atoms. The zero-order chi connectivity index (χ0) is 58.3. The summed E-state index contributed by atoms with van der Waals surface area (Å²) in [6.07, 6.45) is -4.32. The van der Waals surface area contributed by atoms with Gasteiger partial charge in [0.25, 0.3) is 0 Å². The van der Waals surface area contributed by atoms with Crippen LogP contribution in [-0.4, -0.2) is 255 Å². The Bertz CT molecular complexity index is 1740. The number of carboxylic acid groups (broad SMARTS) is 2. The van der Waals surface area contributed by atoms with Crippen molar-refractivity contribution in [1.82, 2.24) is 39.6 Å². The van der Waals surface area contributed by atoms with Crippen molar-refractivity contribution >= 4 is 47.9 Å². The number of alkyl halides is 1. The lowest BCUT2D eigenvalue weighted by Gasteiger charge is -2.37. The van der Waals surface area contributed by atoms with E-state index < -0.39 is 82.7 Å². The zero-order valence-corrected chi connectivity index (χ0v) is 49.3. The number of rotatable bonds is 7. The van der Waals surface area contributed by atoms with Crippen LogP contribution in [0.1, 0.15) is 125 Å². The number of amides is 4. The Labute approximate surface area is 452 Å². The fourth-order valence-electron chi connectivity index (χ4n) is 6.47. The number of aliphatic hydroxyl groups excluding tert-OH is 2. The van der Waals surface area contributed by atoms with Gasteiger partial charge in [-0.05, 0) is 125 Å². The Morgan fingerprint density at radius 2 is 0.667 bits per heavy atom. The summed E-state index contributed by atoms with van der Waals surface area (Å²) in [5.41, 5.74) is -3.82. The highest BCUT2D eigenvalue weighted by molar-refractivity contribution is 6.26. The number of ether oxygens (including phenoxy) is 6. The van der Waals surface area contributed by atoms with Gasteiger partial charge < -0.3 is 73.8 Å². The summed E-state index contributed by atoms with van der Waals surface area (Å²) in [5, 5.41) is 41.7. The average molecular weight is 1100 g/mol. The molecule has 75 heavy (non-hydrogen) atoms. The second-order valence-electron chi connectivity index (χ2n) is 24.0. The van der Waals surface area contributed by atoms with E-state index in [0.717, 1.165) is 0 Å². The van der Waals surface area contributed by atoms with Crippen molar-refractivity contribution in [2.45, 2.75) is 171 Å². The van der Waals surface area contributed by atoms with E-state index in [9.17, 15) is 44.1 Å². The maximum Gasteiger partial charge on any atom is 0.410 e. The molecule has 0 spiro atoms. The minimum absolute atomic E-state index is 0.163. The highest BCUT2D eigenvalue weighted by Gasteiger charge is 2.32. The molecule has 0 aromatic carbocycles. The molecule has 2 unspecified atom stereocenters. The molecule has 0 aliphatic carbocycles. The molecule has 0 aromatic heterocycles. The van der Waals surface area contributed by atoms with E-state index in [0.29, 0.717) is 52.4 Å². The first-order valence-electron chi connectivity index (χ1n) is 25.5. The van der Waals surface area contributed by atoms with Gasteiger partial charge in [-0.15, -0.1) is 11.6 Å². The number of halogens is 1. The number of nitrogens with one attached hydrogen (secondary N) is 1. The van der Waals surface area contributed by atoms with Gasteiger partial charge in [-0.25, -0.2) is 19.2 Å². The molecule has 2 heterocycles. The number of nitrogens with zero attached hydrogens (tertiary/aromatic N) is 7. The van der Waals surface area contributed by atoms with Gasteiger partial charge in [0.05, 0.1) is 17.7 Å². The van der Waals surface area contributed by atoms with Crippen LogP contribution in [0.3, 0.4) is 0 Å². The quantitative estimate of drug-likeness (QED) is 0.127. The minimum atomic E-state index is -1.26. The van der Waals surface area contributed by atoms with Crippen molar-refractivity contribution in [2.75, 3.05) is 117 Å². The Balaban J connectivity index is 0.00000134. The summed E-state index contributed by atoms with van der Waals surface area (Å²) >= 11 is 4.74. The number of hydrogen-bond donors (Lipinski definition) is 5. The molecule has 2 rings (SSSR count). The summed E-state index contributed by atoms with van der Waals surface area (Å²) < 4.78 is 33.7. The van der Waals surface area contributed by atoms with E-state index in [2.05, 4.69) is 5.32 Å². The predicted molar refractivity (Wildman–Crippen MR) is 283 cm³/mol. The Hall–Kier alpha value is -4.01. The van der Waals surface area contributed by atoms with Gasteiger partial charge in [0.1, 0.15) is 28.3 Å². The lowest BCUT2D eigenvalue weighted by Crippen LogP contribution is -2.53. The molecule has 5 N–H and O–H groups in total. The molecule has 0 radical (unpaired) electrons. The molecule has 24 nitrogen and oxygen atoms in total. The SMILES string of the molecule is CC(C)(C)OC(=O)N1CCN(CC(=O)O)CCN(C(O)OC(C)(C)C)CCN(C(=O)OC(C)(C)C)CC1.CC(C)(C)OC(=O)N1CCNCCN(C(O)OC(C)(C)C)CCN(C(=O)OC(C)(C)C)CC1.O=C(O)CCl. The molecule has 2 saturated heterocycles. The Morgan fingerprint density at radius 3 is 0.960 bits per heavy atom. The summed E-state index contributed by atoms with van der Waals surface area (Å²) in [4.78, 5) is 83.5. The largest absolute Gasteiger partial charge is 0.480 e. The first kappa shape index (κ1) is 71.0. The number of carbonyl (C=O) groups is 6. The number of aliphatic hydroxyl groups is 2. The molecule has 440 valence electrons. The van der Waals surface area contributed by atoms with E-state index in [4.69, 9.17) is 45.1 Å². The third kappa shape index (κ3) is 36.6. The standard InChI is InChI=1S/C25H48N4O8.C23H46N4O6.C2H3ClO2/c1-23(2,3)35-20(32)27-12-10-26(18-19(30)31)11-13-28(21(33)36-24(4,5)6)15-17-29(16-14-27)22(34)37-25(7,8)9;1-21(2,3)31-18(28)25-12-10-24-11-13-26(19(29)32-22(4,5)6)15-17-27(16-14-25)20(30)33-23(7,8)9;3-1-2(4)5/h20,32H,10-18H2,1-9H3,(H,30,31);18,24,28H,10-17H2,1-9H3;1H2,(H,4,5). The van der Waals surface area contributed by atoms with E-state index in [1.165, 1.54) is 9.80 Å². The van der Waals surface area contributed by atoms with Crippen LogP contribution in [0.15, 0.2) is 0 Å². The van der Waals surface area contributed by atoms with Crippen LogP contribution in [0.5, 0.6) is 0 Å². The molecule has 25 heteroatoms. The van der Waals surface area contributed by atoms with Crippen LogP contribution in [0.2, 0.25) is 0 Å². The maximum absolute atomic E-state index is 13.0. The van der Waals surface area contributed by atoms with E-state index in [1.807, 2.05) is 83.1 Å². The summed E-state index contributed by atoms with van der Waals surface area (Å²) in [5.74, 6) is -2.28. The number of carbonyl (C=O) groups excluding carboxylic acids is 4.